The molecule has 23 heavy (non-hydrogen) atoms. The van der Waals surface area contributed by atoms with Crippen LogP contribution in [0.1, 0.15) is 56.1 Å². The fourth-order valence-electron chi connectivity index (χ4n) is 3.29. The van der Waals surface area contributed by atoms with E-state index < -0.39 is 17.8 Å². The van der Waals surface area contributed by atoms with Crippen molar-refractivity contribution in [1.82, 2.24) is 0 Å². The molecule has 4 heteroatoms. The molecule has 0 saturated heterocycles. The predicted octanol–water partition coefficient (Wildman–Crippen LogP) is 6.42. The molecular weight excluding hydrogens is 304 g/mol. The van der Waals surface area contributed by atoms with Crippen molar-refractivity contribution < 1.29 is 17.6 Å². The molecule has 0 N–H and O–H groups in total. The van der Waals surface area contributed by atoms with E-state index in [2.05, 4.69) is 6.08 Å². The van der Waals surface area contributed by atoms with Gasteiger partial charge in [-0.05, 0) is 68.4 Å². The van der Waals surface area contributed by atoms with E-state index in [0.717, 1.165) is 44.1 Å². The van der Waals surface area contributed by atoms with Crippen LogP contribution in [-0.2, 0) is 6.42 Å². The molecule has 1 saturated carbocycles. The molecule has 1 aliphatic carbocycles. The lowest BCUT2D eigenvalue weighted by molar-refractivity contribution is 0.146. The van der Waals surface area contributed by atoms with Crippen molar-refractivity contribution in [3.8, 4) is 0 Å². The number of aryl methyl sites for hydroxylation is 1. The van der Waals surface area contributed by atoms with Gasteiger partial charge >= 0.3 is 0 Å². The first-order chi connectivity index (χ1) is 11.1. The van der Waals surface area contributed by atoms with Crippen molar-refractivity contribution in [3.05, 3.63) is 47.3 Å². The number of alkyl halides is 3. The van der Waals surface area contributed by atoms with Gasteiger partial charge in [-0.1, -0.05) is 24.3 Å². The third-order valence-corrected chi connectivity index (χ3v) is 4.72. The van der Waals surface area contributed by atoms with Crippen molar-refractivity contribution in [2.75, 3.05) is 6.67 Å². The van der Waals surface area contributed by atoms with E-state index in [9.17, 15) is 17.6 Å². The summed E-state index contributed by atoms with van der Waals surface area (Å²) in [5, 5.41) is 0. The third kappa shape index (κ3) is 5.67. The second-order valence-corrected chi connectivity index (χ2v) is 6.38. The first kappa shape index (κ1) is 18.0. The number of halogens is 4. The minimum atomic E-state index is -2.76. The predicted molar refractivity (Wildman–Crippen MR) is 84.9 cm³/mol. The SMILES string of the molecule is FCCC=CC1CCC(CCc2ccc(C(F)F)c(F)c2)CC1. The standard InChI is InChI=1S/C19H24F4/c20-12-2-1-3-14-4-6-15(7-5-14)8-9-16-10-11-17(19(22)23)18(21)13-16/h1,3,10-11,13-15,19H,2,4-9,12H2. The minimum Gasteiger partial charge on any atom is -0.251 e. The lowest BCUT2D eigenvalue weighted by atomic mass is 9.79. The Balaban J connectivity index is 1.76. The maximum atomic E-state index is 13.6. The topological polar surface area (TPSA) is 0 Å². The summed E-state index contributed by atoms with van der Waals surface area (Å²) in [6.07, 6.45) is 7.99. The molecule has 0 amide bonds. The van der Waals surface area contributed by atoms with Gasteiger partial charge < -0.3 is 0 Å². The van der Waals surface area contributed by atoms with Crippen molar-refractivity contribution in [3.63, 3.8) is 0 Å². The van der Waals surface area contributed by atoms with Gasteiger partial charge in [0.05, 0.1) is 12.2 Å². The van der Waals surface area contributed by atoms with E-state index in [1.54, 1.807) is 6.07 Å². The van der Waals surface area contributed by atoms with Crippen LogP contribution in [0.2, 0.25) is 0 Å². The Bertz CT molecular complexity index is 502. The van der Waals surface area contributed by atoms with E-state index in [1.165, 1.54) is 12.1 Å². The van der Waals surface area contributed by atoms with E-state index in [4.69, 9.17) is 0 Å². The number of benzene rings is 1. The molecule has 2 rings (SSSR count). The van der Waals surface area contributed by atoms with Crippen molar-refractivity contribution in [2.24, 2.45) is 11.8 Å². The van der Waals surface area contributed by atoms with E-state index >= 15 is 0 Å². The molecule has 0 unspecified atom stereocenters. The van der Waals surface area contributed by atoms with Crippen LogP contribution in [-0.4, -0.2) is 6.67 Å². The van der Waals surface area contributed by atoms with Crippen LogP contribution >= 0.6 is 0 Å². The third-order valence-electron chi connectivity index (χ3n) is 4.72. The van der Waals surface area contributed by atoms with Gasteiger partial charge in [-0.2, -0.15) is 0 Å². The summed E-state index contributed by atoms with van der Waals surface area (Å²) in [4.78, 5) is 0. The summed E-state index contributed by atoms with van der Waals surface area (Å²) in [6.45, 7) is -0.299. The van der Waals surface area contributed by atoms with Crippen molar-refractivity contribution in [1.29, 1.82) is 0 Å². The second kappa shape index (κ2) is 9.09. The normalized spacial score (nSPS) is 22.1. The molecule has 1 aromatic rings. The molecule has 0 bridgehead atoms. The van der Waals surface area contributed by atoms with E-state index in [0.29, 0.717) is 18.3 Å². The van der Waals surface area contributed by atoms with Gasteiger partial charge in [0, 0.05) is 0 Å². The zero-order valence-corrected chi connectivity index (χ0v) is 13.3. The highest BCUT2D eigenvalue weighted by Gasteiger charge is 2.19. The first-order valence-electron chi connectivity index (χ1n) is 8.39. The highest BCUT2D eigenvalue weighted by Crippen LogP contribution is 2.32. The maximum absolute atomic E-state index is 13.6. The smallest absolute Gasteiger partial charge is 0.251 e. The zero-order valence-electron chi connectivity index (χ0n) is 13.3. The van der Waals surface area contributed by atoms with Crippen LogP contribution in [0.15, 0.2) is 30.4 Å². The van der Waals surface area contributed by atoms with Gasteiger partial charge in [0.1, 0.15) is 5.82 Å². The zero-order chi connectivity index (χ0) is 16.7. The maximum Gasteiger partial charge on any atom is 0.266 e. The monoisotopic (exact) mass is 328 g/mol. The molecule has 0 aromatic heterocycles. The Morgan fingerprint density at radius 2 is 1.87 bits per heavy atom. The largest absolute Gasteiger partial charge is 0.266 e. The molecule has 0 nitrogen and oxygen atoms in total. The Morgan fingerprint density at radius 1 is 1.13 bits per heavy atom. The molecule has 0 atom stereocenters. The molecule has 0 heterocycles. The van der Waals surface area contributed by atoms with E-state index in [-0.39, 0.29) is 6.67 Å². The Kier molecular flexibility index (Phi) is 7.13. The first-order valence-corrected chi connectivity index (χ1v) is 8.39. The number of hydrogen-bond acceptors (Lipinski definition) is 0. The van der Waals surface area contributed by atoms with Gasteiger partial charge in [0.25, 0.3) is 6.43 Å². The van der Waals surface area contributed by atoms with Crippen LogP contribution in [0.25, 0.3) is 0 Å². The van der Waals surface area contributed by atoms with Crippen molar-refractivity contribution in [2.45, 2.75) is 51.4 Å². The lowest BCUT2D eigenvalue weighted by Gasteiger charge is -2.26. The highest BCUT2D eigenvalue weighted by atomic mass is 19.3. The number of allylic oxidation sites excluding steroid dienone is 2. The van der Waals surface area contributed by atoms with Gasteiger partial charge in [-0.15, -0.1) is 0 Å². The summed E-state index contributed by atoms with van der Waals surface area (Å²) in [5.41, 5.74) is 0.270. The Labute approximate surface area is 135 Å². The molecule has 0 radical (unpaired) electrons. The second-order valence-electron chi connectivity index (χ2n) is 6.38. The minimum absolute atomic E-state index is 0.299. The summed E-state index contributed by atoms with van der Waals surface area (Å²) in [6, 6.07) is 4.05. The van der Waals surface area contributed by atoms with Crippen LogP contribution in [0, 0.1) is 17.7 Å². The van der Waals surface area contributed by atoms with Gasteiger partial charge in [-0.3, -0.25) is 4.39 Å². The molecule has 0 aliphatic heterocycles. The van der Waals surface area contributed by atoms with Crippen LogP contribution in [0.3, 0.4) is 0 Å². The number of hydrogen-bond donors (Lipinski definition) is 0. The summed E-state index contributed by atoms with van der Waals surface area (Å²) >= 11 is 0. The average Bonchev–Trinajstić information content (AvgIpc) is 2.54. The fraction of sp³-hybridized carbons (Fsp3) is 0.579. The molecule has 0 spiro atoms. The lowest BCUT2D eigenvalue weighted by Crippen LogP contribution is -2.13. The summed E-state index contributed by atoms with van der Waals surface area (Å²) < 4.78 is 50.6. The van der Waals surface area contributed by atoms with Gasteiger partial charge in [-0.25, -0.2) is 13.2 Å². The Morgan fingerprint density at radius 3 is 2.48 bits per heavy atom. The fourth-order valence-corrected chi connectivity index (χ4v) is 3.29. The molecule has 1 aromatic carbocycles. The van der Waals surface area contributed by atoms with Gasteiger partial charge in [0.15, 0.2) is 0 Å². The number of rotatable bonds is 7. The quantitative estimate of drug-likeness (QED) is 0.400. The molecule has 1 fully saturated rings. The molecule has 1 aliphatic rings. The van der Waals surface area contributed by atoms with E-state index in [1.807, 2.05) is 6.08 Å². The summed E-state index contributed by atoms with van der Waals surface area (Å²) in [5.74, 6) is 0.360. The van der Waals surface area contributed by atoms with Gasteiger partial charge in [0.2, 0.25) is 0 Å². The Hall–Kier alpha value is -1.32. The molecular formula is C19H24F4. The summed E-state index contributed by atoms with van der Waals surface area (Å²) in [7, 11) is 0. The average molecular weight is 328 g/mol. The molecule has 128 valence electrons. The van der Waals surface area contributed by atoms with Crippen molar-refractivity contribution >= 4 is 0 Å². The van der Waals surface area contributed by atoms with Crippen LogP contribution in [0.5, 0.6) is 0 Å². The van der Waals surface area contributed by atoms with Crippen LogP contribution in [0.4, 0.5) is 17.6 Å². The highest BCUT2D eigenvalue weighted by molar-refractivity contribution is 5.25. The van der Waals surface area contributed by atoms with Crippen LogP contribution < -0.4 is 0 Å².